The van der Waals surface area contributed by atoms with Crippen molar-refractivity contribution in [3.05, 3.63) is 30.2 Å². The van der Waals surface area contributed by atoms with Crippen molar-refractivity contribution < 1.29 is 17.5 Å². The van der Waals surface area contributed by atoms with Gasteiger partial charge in [0.2, 0.25) is 5.91 Å². The molecule has 4 rings (SSSR count). The molecule has 28 heavy (non-hydrogen) atoms. The van der Waals surface area contributed by atoms with Crippen molar-refractivity contribution in [1.29, 1.82) is 0 Å². The van der Waals surface area contributed by atoms with Crippen LogP contribution in [-0.4, -0.2) is 52.3 Å². The van der Waals surface area contributed by atoms with E-state index in [0.717, 1.165) is 38.2 Å². The van der Waals surface area contributed by atoms with E-state index < -0.39 is 5.60 Å². The monoisotopic (exact) mass is 387 g/mol. The summed E-state index contributed by atoms with van der Waals surface area (Å²) in [5.41, 5.74) is 1.09. The van der Waals surface area contributed by atoms with Gasteiger partial charge in [-0.2, -0.15) is 0 Å². The lowest BCUT2D eigenvalue weighted by atomic mass is 9.99. The fourth-order valence-corrected chi connectivity index (χ4v) is 3.55. The normalized spacial score (nSPS) is 18.0. The van der Waals surface area contributed by atoms with Gasteiger partial charge in [-0.15, -0.1) is 0 Å². The van der Waals surface area contributed by atoms with E-state index in [0.29, 0.717) is 28.9 Å². The van der Waals surface area contributed by atoms with Crippen molar-refractivity contribution in [2.24, 2.45) is 5.92 Å². The number of fused-ring (bicyclic) bond motifs is 1. The average Bonchev–Trinajstić information content (AvgIpc) is 2.68. The third kappa shape index (κ3) is 3.98. The third-order valence-corrected chi connectivity index (χ3v) is 5.15. The van der Waals surface area contributed by atoms with Crippen LogP contribution in [0.25, 0.3) is 11.3 Å². The smallest absolute Gasteiger partial charge is 0.245 e. The zero-order valence-corrected chi connectivity index (χ0v) is 16.2. The van der Waals surface area contributed by atoms with Crippen LogP contribution in [0.2, 0.25) is 0 Å². The van der Waals surface area contributed by atoms with E-state index in [9.17, 15) is 9.90 Å². The van der Waals surface area contributed by atoms with E-state index in [1.165, 1.54) is 0 Å². The molecule has 2 aromatic rings. The molecule has 0 aliphatic carbocycles. The van der Waals surface area contributed by atoms with E-state index in [1.54, 1.807) is 32.3 Å². The molecular weight excluding hydrogens is 358 g/mol. The predicted octanol–water partition coefficient (Wildman–Crippen LogP) is 2.44. The highest BCUT2D eigenvalue weighted by molar-refractivity contribution is 5.99. The van der Waals surface area contributed by atoms with E-state index in [2.05, 4.69) is 15.3 Å². The van der Waals surface area contributed by atoms with E-state index in [4.69, 9.17) is 9.72 Å². The second-order valence-electron chi connectivity index (χ2n) is 7.90. The number of anilines is 2. The van der Waals surface area contributed by atoms with Crippen LogP contribution in [0, 0.1) is 5.92 Å². The van der Waals surface area contributed by atoms with Gasteiger partial charge >= 0.3 is 0 Å². The fraction of sp³-hybridized carbons (Fsp3) is 0.500. The molecule has 2 aromatic heterocycles. The molecule has 152 valence electrons. The molecule has 1 fully saturated rings. The third-order valence-electron chi connectivity index (χ3n) is 5.15. The summed E-state index contributed by atoms with van der Waals surface area (Å²) in [7, 11) is 0. The number of aliphatic hydroxyl groups is 1. The second kappa shape index (κ2) is 7.44. The first-order valence-electron chi connectivity index (χ1n) is 9.59. The quantitative estimate of drug-likeness (QED) is 0.831. The topological polar surface area (TPSA) is 100 Å². The van der Waals surface area contributed by atoms with Gasteiger partial charge in [0.05, 0.1) is 24.1 Å². The Kier molecular flexibility index (Phi) is 4.99. The lowest BCUT2D eigenvalue weighted by Crippen LogP contribution is -2.42. The number of carbonyl (C=O) groups is 1. The molecule has 0 spiro atoms. The average molecular weight is 387 g/mol. The largest absolute Gasteiger partial charge is 0.384 e. The molecule has 0 radical (unpaired) electrons. The summed E-state index contributed by atoms with van der Waals surface area (Å²) in [6, 6.07) is 3.67. The minimum Gasteiger partial charge on any atom is -0.384 e. The molecule has 4 heterocycles. The number of hydrogen-bond donors (Lipinski definition) is 2. The molecule has 2 aliphatic rings. The summed E-state index contributed by atoms with van der Waals surface area (Å²) in [5, 5.41) is 12.9. The number of carbonyl (C=O) groups excluding carboxylic acids is 1. The molecule has 0 unspecified atom stereocenters. The van der Waals surface area contributed by atoms with Crippen molar-refractivity contribution in [3.63, 3.8) is 0 Å². The number of ether oxygens (including phenoxy) is 1. The zero-order valence-electron chi connectivity index (χ0n) is 16.2. The van der Waals surface area contributed by atoms with Crippen LogP contribution in [0.4, 0.5) is 11.6 Å². The Balaban J connectivity index is 0.00000160. The van der Waals surface area contributed by atoms with Gasteiger partial charge in [-0.3, -0.25) is 9.78 Å². The number of rotatable bonds is 4. The summed E-state index contributed by atoms with van der Waals surface area (Å²) >= 11 is 0. The maximum atomic E-state index is 12.1. The highest BCUT2D eigenvalue weighted by Crippen LogP contribution is 2.30. The molecular formula is C20H29N5O3. The first-order valence-corrected chi connectivity index (χ1v) is 9.59. The number of hydrogen-bond acceptors (Lipinski definition) is 7. The van der Waals surface area contributed by atoms with Crippen LogP contribution in [0.5, 0.6) is 0 Å². The van der Waals surface area contributed by atoms with Gasteiger partial charge in [0, 0.05) is 34.4 Å². The zero-order chi connectivity index (χ0) is 19.7. The fourth-order valence-electron chi connectivity index (χ4n) is 3.55. The van der Waals surface area contributed by atoms with Gasteiger partial charge in [0.15, 0.2) is 11.6 Å². The molecule has 0 bridgehead atoms. The summed E-state index contributed by atoms with van der Waals surface area (Å²) in [6.45, 7) is 5.97. The van der Waals surface area contributed by atoms with Crippen LogP contribution in [-0.2, 0) is 15.1 Å². The number of pyridine rings is 1. The maximum Gasteiger partial charge on any atom is 0.245 e. The van der Waals surface area contributed by atoms with E-state index in [1.807, 2.05) is 11.0 Å². The summed E-state index contributed by atoms with van der Waals surface area (Å²) < 4.78 is 5.44. The van der Waals surface area contributed by atoms with Crippen LogP contribution >= 0.6 is 0 Å². The molecule has 1 amide bonds. The van der Waals surface area contributed by atoms with Gasteiger partial charge in [-0.25, -0.2) is 9.97 Å². The van der Waals surface area contributed by atoms with Crippen molar-refractivity contribution in [3.8, 4) is 11.3 Å². The summed E-state index contributed by atoms with van der Waals surface area (Å²) in [6.07, 6.45) is 5.30. The number of nitrogens with one attached hydrogen (secondary N) is 1. The first-order chi connectivity index (χ1) is 13.4. The predicted molar refractivity (Wildman–Crippen MR) is 109 cm³/mol. The molecule has 2 N–H and O–H groups in total. The highest BCUT2D eigenvalue weighted by Gasteiger charge is 2.28. The van der Waals surface area contributed by atoms with Crippen LogP contribution in [0.3, 0.4) is 0 Å². The molecule has 2 aliphatic heterocycles. The van der Waals surface area contributed by atoms with Gasteiger partial charge in [0.1, 0.15) is 5.60 Å². The molecule has 8 nitrogen and oxygen atoms in total. The van der Waals surface area contributed by atoms with E-state index >= 15 is 0 Å². The Labute approximate surface area is 166 Å². The van der Waals surface area contributed by atoms with Gasteiger partial charge in [0.25, 0.3) is 0 Å². The Morgan fingerprint density at radius 1 is 1.29 bits per heavy atom. The van der Waals surface area contributed by atoms with Gasteiger partial charge < -0.3 is 20.1 Å². The lowest BCUT2D eigenvalue weighted by molar-refractivity contribution is -0.115. The van der Waals surface area contributed by atoms with Gasteiger partial charge in [-0.1, -0.05) is 0 Å². The number of nitrogens with zero attached hydrogens (tertiary/aromatic N) is 4. The molecule has 1 saturated heterocycles. The summed E-state index contributed by atoms with van der Waals surface area (Å²) in [4.78, 5) is 27.6. The Bertz CT molecular complexity index is 868. The van der Waals surface area contributed by atoms with Crippen molar-refractivity contribution >= 4 is 17.5 Å². The van der Waals surface area contributed by atoms with Crippen LogP contribution in [0.1, 0.15) is 35.2 Å². The number of aromatic nitrogens is 3. The van der Waals surface area contributed by atoms with Gasteiger partial charge in [-0.05, 0) is 44.7 Å². The van der Waals surface area contributed by atoms with Crippen LogP contribution in [0.15, 0.2) is 24.5 Å². The Hall–Kier alpha value is -2.58. The summed E-state index contributed by atoms with van der Waals surface area (Å²) in [5.74, 6) is 1.59. The lowest BCUT2D eigenvalue weighted by Gasteiger charge is -2.33. The van der Waals surface area contributed by atoms with Crippen molar-refractivity contribution in [2.75, 3.05) is 36.5 Å². The number of amides is 1. The minimum absolute atomic E-state index is 0. The van der Waals surface area contributed by atoms with E-state index in [-0.39, 0.29) is 15.3 Å². The van der Waals surface area contributed by atoms with Crippen LogP contribution < -0.4 is 10.2 Å². The molecule has 0 aromatic carbocycles. The van der Waals surface area contributed by atoms with Crippen molar-refractivity contribution in [2.45, 2.75) is 32.3 Å². The SMILES string of the molecule is CC(C)(O)c1ccc(-c2cnc3c(n2)N(CC2CCOCC2)CC(=O)N3)cn1.[HH].[HH]. The Morgan fingerprint density at radius 3 is 2.75 bits per heavy atom. The van der Waals surface area contributed by atoms with Crippen molar-refractivity contribution in [1.82, 2.24) is 15.0 Å². The highest BCUT2D eigenvalue weighted by atomic mass is 16.5. The molecule has 0 saturated carbocycles. The molecule has 0 atom stereocenters. The first kappa shape index (κ1) is 18.8. The maximum absolute atomic E-state index is 12.1. The standard InChI is InChI=1S/C20H25N5O3.2H2/c1-20(2,27)16-4-3-14(9-21-16)15-10-22-18-19(23-15)25(12-17(26)24-18)11-13-5-7-28-8-6-13;;/h3-4,9-10,13,27H,5-8,11-12H2,1-2H3,(H,22,24,26);2*1H. The minimum atomic E-state index is -0.995. The molecule has 8 heteroatoms. The Morgan fingerprint density at radius 2 is 2.07 bits per heavy atom. The second-order valence-corrected chi connectivity index (χ2v) is 7.90.